The summed E-state index contributed by atoms with van der Waals surface area (Å²) in [5.74, 6) is -0.570. The second kappa shape index (κ2) is 4.92. The van der Waals surface area contributed by atoms with E-state index in [0.717, 1.165) is 12.1 Å². The summed E-state index contributed by atoms with van der Waals surface area (Å²) in [6.07, 6.45) is 1.44. The summed E-state index contributed by atoms with van der Waals surface area (Å²) in [5.41, 5.74) is 2.35. The van der Waals surface area contributed by atoms with Crippen molar-refractivity contribution in [3.63, 3.8) is 0 Å². The molecule has 1 aliphatic rings. The van der Waals surface area contributed by atoms with E-state index >= 15 is 0 Å². The zero-order chi connectivity index (χ0) is 14.3. The van der Waals surface area contributed by atoms with Crippen molar-refractivity contribution in [3.05, 3.63) is 36.0 Å². The van der Waals surface area contributed by atoms with E-state index in [1.807, 2.05) is 30.3 Å². The number of H-pyrrole nitrogens is 1. The first kappa shape index (κ1) is 13.1. The molecule has 0 spiro atoms. The Labute approximate surface area is 117 Å². The Morgan fingerprint density at radius 3 is 2.90 bits per heavy atom. The fourth-order valence-corrected chi connectivity index (χ4v) is 3.05. The Balaban J connectivity index is 1.86. The van der Waals surface area contributed by atoms with Gasteiger partial charge in [0, 0.05) is 29.7 Å². The lowest BCUT2D eigenvalue weighted by Crippen LogP contribution is -2.42. The van der Waals surface area contributed by atoms with Crippen LogP contribution in [-0.2, 0) is 4.79 Å². The Kier molecular flexibility index (Phi) is 3.23. The second-order valence-corrected chi connectivity index (χ2v) is 5.53. The van der Waals surface area contributed by atoms with Crippen LogP contribution in [0, 0.1) is 0 Å². The predicted molar refractivity (Wildman–Crippen MR) is 77.7 cm³/mol. The van der Waals surface area contributed by atoms with Crippen molar-refractivity contribution in [2.24, 2.45) is 0 Å². The van der Waals surface area contributed by atoms with Crippen molar-refractivity contribution in [2.45, 2.75) is 25.0 Å². The monoisotopic (exact) mass is 273 g/mol. The molecule has 1 aromatic heterocycles. The molecule has 1 saturated heterocycles. The molecule has 1 fully saturated rings. The number of carboxylic acid groups (broad SMARTS) is 1. The molecule has 1 aliphatic heterocycles. The highest BCUT2D eigenvalue weighted by Crippen LogP contribution is 2.29. The molecule has 2 heterocycles. The number of hydrogen-bond donors (Lipinski definition) is 3. The highest BCUT2D eigenvalue weighted by molar-refractivity contribution is 5.83. The number of carboxylic acids is 1. The van der Waals surface area contributed by atoms with Gasteiger partial charge in [-0.1, -0.05) is 25.1 Å². The van der Waals surface area contributed by atoms with Gasteiger partial charge in [-0.25, -0.2) is 4.79 Å². The molecule has 3 atom stereocenters. The summed E-state index contributed by atoms with van der Waals surface area (Å²) in [6, 6.07) is 8.33. The summed E-state index contributed by atoms with van der Waals surface area (Å²) in [5, 5.41) is 13.6. The minimum atomic E-state index is -0.818. The first-order chi connectivity index (χ1) is 9.58. The van der Waals surface area contributed by atoms with Crippen LogP contribution < -0.4 is 5.32 Å². The second-order valence-electron chi connectivity index (χ2n) is 5.53. The van der Waals surface area contributed by atoms with Gasteiger partial charge < -0.3 is 10.1 Å². The van der Waals surface area contributed by atoms with E-state index in [0.29, 0.717) is 0 Å². The molecule has 1 aromatic carbocycles. The van der Waals surface area contributed by atoms with Gasteiger partial charge in [0.2, 0.25) is 0 Å². The van der Waals surface area contributed by atoms with Crippen molar-refractivity contribution < 1.29 is 9.90 Å². The first-order valence-electron chi connectivity index (χ1n) is 6.83. The lowest BCUT2D eigenvalue weighted by molar-refractivity contribution is -0.142. The van der Waals surface area contributed by atoms with Crippen molar-refractivity contribution in [1.29, 1.82) is 0 Å². The van der Waals surface area contributed by atoms with Crippen LogP contribution in [0.5, 0.6) is 0 Å². The fourth-order valence-electron chi connectivity index (χ4n) is 3.05. The molecule has 106 valence electrons. The topological polar surface area (TPSA) is 68.4 Å². The van der Waals surface area contributed by atoms with Crippen molar-refractivity contribution in [3.8, 4) is 0 Å². The van der Waals surface area contributed by atoms with E-state index in [2.05, 4.69) is 29.4 Å². The van der Waals surface area contributed by atoms with Gasteiger partial charge in [0.25, 0.3) is 0 Å². The zero-order valence-corrected chi connectivity index (χ0v) is 11.6. The number of carbonyl (C=O) groups is 1. The molecule has 0 bridgehead atoms. The third kappa shape index (κ3) is 2.09. The minimum Gasteiger partial charge on any atom is -0.479 e. The largest absolute Gasteiger partial charge is 0.479 e. The molecular weight excluding hydrogens is 254 g/mol. The Morgan fingerprint density at radius 1 is 1.45 bits per heavy atom. The number of aromatic nitrogens is 1. The number of likely N-dealkylation sites (N-methyl/N-ethyl adjacent to an activating group) is 1. The van der Waals surface area contributed by atoms with Gasteiger partial charge in [0.1, 0.15) is 0 Å². The highest BCUT2D eigenvalue weighted by Gasteiger charge is 2.36. The van der Waals surface area contributed by atoms with E-state index in [1.165, 1.54) is 10.9 Å². The molecule has 20 heavy (non-hydrogen) atoms. The molecular formula is C15H19N3O2. The third-order valence-electron chi connectivity index (χ3n) is 4.25. The maximum Gasteiger partial charge on any atom is 0.335 e. The number of nitrogens with one attached hydrogen (secondary N) is 2. The predicted octanol–water partition coefficient (Wildman–Crippen LogP) is 1.59. The van der Waals surface area contributed by atoms with Crippen molar-refractivity contribution in [1.82, 2.24) is 15.2 Å². The smallest absolute Gasteiger partial charge is 0.335 e. The Bertz CT molecular complexity index is 637. The number of benzene rings is 1. The summed E-state index contributed by atoms with van der Waals surface area (Å²) in [6.45, 7) is 2.88. The minimum absolute atomic E-state index is 0.139. The van der Waals surface area contributed by atoms with Crippen molar-refractivity contribution in [2.75, 3.05) is 13.6 Å². The number of aromatic amines is 1. The van der Waals surface area contributed by atoms with Crippen molar-refractivity contribution >= 4 is 16.9 Å². The molecule has 5 nitrogen and oxygen atoms in total. The summed E-state index contributed by atoms with van der Waals surface area (Å²) in [7, 11) is 1.84. The molecule has 2 aromatic rings. The van der Waals surface area contributed by atoms with Crippen LogP contribution in [0.3, 0.4) is 0 Å². The standard InChI is InChI=1S/C15H19N3O2/c1-9(13-8-18(2)14(17-13)15(19)20)11-7-16-12-6-4-3-5-10(11)12/h3-7,9,13-14,16-17H,8H2,1-2H3,(H,19,20)/t9?,13-,14?/m1/s1. The maximum absolute atomic E-state index is 11.2. The number of fused-ring (bicyclic) bond motifs is 1. The van der Waals surface area contributed by atoms with E-state index in [1.54, 1.807) is 0 Å². The number of rotatable bonds is 3. The quantitative estimate of drug-likeness (QED) is 0.794. The lowest BCUT2D eigenvalue weighted by Gasteiger charge is -2.19. The van der Waals surface area contributed by atoms with Crippen LogP contribution in [0.15, 0.2) is 30.5 Å². The number of aliphatic carboxylic acids is 1. The van der Waals surface area contributed by atoms with Crippen LogP contribution >= 0.6 is 0 Å². The van der Waals surface area contributed by atoms with Gasteiger partial charge in [-0.05, 0) is 24.6 Å². The van der Waals surface area contributed by atoms with Crippen LogP contribution in [-0.4, -0.2) is 46.8 Å². The molecule has 2 unspecified atom stereocenters. The third-order valence-corrected chi connectivity index (χ3v) is 4.25. The molecule has 0 saturated carbocycles. The first-order valence-corrected chi connectivity index (χ1v) is 6.83. The van der Waals surface area contributed by atoms with Crippen LogP contribution in [0.1, 0.15) is 18.4 Å². The molecule has 3 N–H and O–H groups in total. The molecule has 3 rings (SSSR count). The summed E-state index contributed by atoms with van der Waals surface area (Å²) in [4.78, 5) is 16.3. The lowest BCUT2D eigenvalue weighted by atomic mass is 9.93. The van der Waals surface area contributed by atoms with Gasteiger partial charge >= 0.3 is 5.97 Å². The van der Waals surface area contributed by atoms with E-state index in [-0.39, 0.29) is 12.0 Å². The average Bonchev–Trinajstić information content (AvgIpc) is 3.01. The van der Waals surface area contributed by atoms with Crippen LogP contribution in [0.25, 0.3) is 10.9 Å². The Hall–Kier alpha value is -1.85. The van der Waals surface area contributed by atoms with Gasteiger partial charge in [-0.3, -0.25) is 10.2 Å². The van der Waals surface area contributed by atoms with Crippen LogP contribution in [0.2, 0.25) is 0 Å². The molecule has 0 aliphatic carbocycles. The number of hydrogen-bond acceptors (Lipinski definition) is 3. The summed E-state index contributed by atoms with van der Waals surface area (Å²) < 4.78 is 0. The highest BCUT2D eigenvalue weighted by atomic mass is 16.4. The SMILES string of the molecule is CC(c1c[nH]c2ccccc12)[C@H]1CN(C)C(C(=O)O)N1. The van der Waals surface area contributed by atoms with Gasteiger partial charge in [0.05, 0.1) is 0 Å². The fraction of sp³-hybridized carbons (Fsp3) is 0.400. The maximum atomic E-state index is 11.2. The number of para-hydroxylation sites is 1. The van der Waals surface area contributed by atoms with Gasteiger partial charge in [-0.2, -0.15) is 0 Å². The molecule has 0 radical (unpaired) electrons. The Morgan fingerprint density at radius 2 is 2.20 bits per heavy atom. The van der Waals surface area contributed by atoms with E-state index < -0.39 is 12.1 Å². The van der Waals surface area contributed by atoms with Gasteiger partial charge in [0.15, 0.2) is 6.17 Å². The van der Waals surface area contributed by atoms with E-state index in [9.17, 15) is 9.90 Å². The average molecular weight is 273 g/mol. The van der Waals surface area contributed by atoms with Crippen LogP contribution in [0.4, 0.5) is 0 Å². The molecule has 5 heteroatoms. The normalized spacial score (nSPS) is 25.1. The molecule has 0 amide bonds. The van der Waals surface area contributed by atoms with Gasteiger partial charge in [-0.15, -0.1) is 0 Å². The number of nitrogens with zero attached hydrogens (tertiary/aromatic N) is 1. The zero-order valence-electron chi connectivity index (χ0n) is 11.6. The van der Waals surface area contributed by atoms with E-state index in [4.69, 9.17) is 0 Å². The summed E-state index contributed by atoms with van der Waals surface area (Å²) >= 11 is 0.